The van der Waals surface area contributed by atoms with Gasteiger partial charge in [-0.3, -0.25) is 0 Å². The van der Waals surface area contributed by atoms with Crippen LogP contribution in [0.3, 0.4) is 0 Å². The van der Waals surface area contributed by atoms with E-state index in [0.29, 0.717) is 12.1 Å². The minimum atomic E-state index is 0.435. The summed E-state index contributed by atoms with van der Waals surface area (Å²) in [5, 5.41) is 3.60. The van der Waals surface area contributed by atoms with E-state index < -0.39 is 0 Å². The Kier molecular flexibility index (Phi) is 5.45. The number of rotatable bonds is 5. The lowest BCUT2D eigenvalue weighted by atomic mass is 9.92. The minimum Gasteiger partial charge on any atom is -0.328 e. The SMILES string of the molecule is CCN(C)CCNC1CCCC(N)C1. The molecule has 1 aliphatic carbocycles. The predicted molar refractivity (Wildman–Crippen MR) is 61.4 cm³/mol. The van der Waals surface area contributed by atoms with Crippen LogP contribution in [-0.2, 0) is 0 Å². The van der Waals surface area contributed by atoms with E-state index in [0.717, 1.165) is 26.1 Å². The zero-order chi connectivity index (χ0) is 10.4. The topological polar surface area (TPSA) is 41.3 Å². The molecule has 2 atom stereocenters. The van der Waals surface area contributed by atoms with Gasteiger partial charge in [0.2, 0.25) is 0 Å². The van der Waals surface area contributed by atoms with Gasteiger partial charge in [-0.15, -0.1) is 0 Å². The van der Waals surface area contributed by atoms with Crippen molar-refractivity contribution in [2.24, 2.45) is 5.73 Å². The fraction of sp³-hybridized carbons (Fsp3) is 1.00. The summed E-state index contributed by atoms with van der Waals surface area (Å²) >= 11 is 0. The van der Waals surface area contributed by atoms with Crippen molar-refractivity contribution in [3.8, 4) is 0 Å². The van der Waals surface area contributed by atoms with Crippen LogP contribution in [0.15, 0.2) is 0 Å². The molecule has 0 heterocycles. The summed E-state index contributed by atoms with van der Waals surface area (Å²) < 4.78 is 0. The molecule has 1 rings (SSSR count). The highest BCUT2D eigenvalue weighted by Gasteiger charge is 2.18. The van der Waals surface area contributed by atoms with Gasteiger partial charge in [0.1, 0.15) is 0 Å². The van der Waals surface area contributed by atoms with Crippen LogP contribution in [-0.4, -0.2) is 43.7 Å². The average Bonchev–Trinajstić information content (AvgIpc) is 2.17. The Morgan fingerprint density at radius 1 is 1.43 bits per heavy atom. The van der Waals surface area contributed by atoms with Crippen LogP contribution in [0.4, 0.5) is 0 Å². The molecule has 2 unspecified atom stereocenters. The van der Waals surface area contributed by atoms with Crippen molar-refractivity contribution >= 4 is 0 Å². The van der Waals surface area contributed by atoms with Gasteiger partial charge in [0.05, 0.1) is 0 Å². The fourth-order valence-corrected chi connectivity index (χ4v) is 2.03. The molecule has 1 aliphatic rings. The van der Waals surface area contributed by atoms with Gasteiger partial charge in [0.15, 0.2) is 0 Å². The Bertz CT molecular complexity index is 149. The smallest absolute Gasteiger partial charge is 0.0104 e. The van der Waals surface area contributed by atoms with Gasteiger partial charge in [0.25, 0.3) is 0 Å². The van der Waals surface area contributed by atoms with E-state index >= 15 is 0 Å². The van der Waals surface area contributed by atoms with Gasteiger partial charge in [-0.2, -0.15) is 0 Å². The fourth-order valence-electron chi connectivity index (χ4n) is 2.03. The van der Waals surface area contributed by atoms with Crippen LogP contribution >= 0.6 is 0 Å². The van der Waals surface area contributed by atoms with Gasteiger partial charge in [-0.25, -0.2) is 0 Å². The summed E-state index contributed by atoms with van der Waals surface area (Å²) in [4.78, 5) is 2.33. The molecule has 0 amide bonds. The van der Waals surface area contributed by atoms with Crippen molar-refractivity contribution in [1.82, 2.24) is 10.2 Å². The Morgan fingerprint density at radius 2 is 2.21 bits per heavy atom. The minimum absolute atomic E-state index is 0.435. The maximum absolute atomic E-state index is 5.93. The molecule has 84 valence electrons. The number of nitrogens with zero attached hydrogens (tertiary/aromatic N) is 1. The highest BCUT2D eigenvalue weighted by Crippen LogP contribution is 2.16. The number of nitrogens with one attached hydrogen (secondary N) is 1. The van der Waals surface area contributed by atoms with Crippen molar-refractivity contribution in [2.45, 2.75) is 44.7 Å². The van der Waals surface area contributed by atoms with Crippen molar-refractivity contribution in [2.75, 3.05) is 26.7 Å². The summed E-state index contributed by atoms with van der Waals surface area (Å²) in [7, 11) is 2.16. The van der Waals surface area contributed by atoms with E-state index in [4.69, 9.17) is 5.73 Å². The van der Waals surface area contributed by atoms with E-state index in [-0.39, 0.29) is 0 Å². The zero-order valence-corrected chi connectivity index (χ0v) is 9.63. The first-order valence-corrected chi connectivity index (χ1v) is 5.90. The van der Waals surface area contributed by atoms with E-state index in [9.17, 15) is 0 Å². The third kappa shape index (κ3) is 4.40. The highest BCUT2D eigenvalue weighted by molar-refractivity contribution is 4.79. The highest BCUT2D eigenvalue weighted by atomic mass is 15.1. The predicted octanol–water partition coefficient (Wildman–Crippen LogP) is 0.798. The molecule has 0 aromatic heterocycles. The van der Waals surface area contributed by atoms with Gasteiger partial charge >= 0.3 is 0 Å². The molecule has 0 aromatic carbocycles. The summed E-state index contributed by atoms with van der Waals surface area (Å²) in [5.41, 5.74) is 5.93. The van der Waals surface area contributed by atoms with E-state index in [1.54, 1.807) is 0 Å². The molecular formula is C11H25N3. The maximum atomic E-state index is 5.93. The number of likely N-dealkylation sites (N-methyl/N-ethyl adjacent to an activating group) is 1. The van der Waals surface area contributed by atoms with E-state index in [1.165, 1.54) is 19.3 Å². The molecule has 0 aromatic rings. The van der Waals surface area contributed by atoms with Crippen LogP contribution < -0.4 is 11.1 Å². The summed E-state index contributed by atoms with van der Waals surface area (Å²) in [6, 6.07) is 1.11. The Labute approximate surface area is 88.0 Å². The van der Waals surface area contributed by atoms with Gasteiger partial charge in [0, 0.05) is 25.2 Å². The quantitative estimate of drug-likeness (QED) is 0.688. The van der Waals surface area contributed by atoms with Gasteiger partial charge in [-0.1, -0.05) is 13.3 Å². The molecule has 0 radical (unpaired) electrons. The summed E-state index contributed by atoms with van der Waals surface area (Å²) in [6.45, 7) is 5.56. The molecule has 0 saturated heterocycles. The molecular weight excluding hydrogens is 174 g/mol. The number of hydrogen-bond donors (Lipinski definition) is 2. The molecule has 14 heavy (non-hydrogen) atoms. The van der Waals surface area contributed by atoms with Crippen molar-refractivity contribution < 1.29 is 0 Å². The van der Waals surface area contributed by atoms with Crippen molar-refractivity contribution in [3.05, 3.63) is 0 Å². The van der Waals surface area contributed by atoms with Crippen LogP contribution in [0.1, 0.15) is 32.6 Å². The monoisotopic (exact) mass is 199 g/mol. The normalized spacial score (nSPS) is 28.3. The molecule has 3 nitrogen and oxygen atoms in total. The van der Waals surface area contributed by atoms with Crippen LogP contribution in [0.2, 0.25) is 0 Å². The first kappa shape index (κ1) is 12.0. The zero-order valence-electron chi connectivity index (χ0n) is 9.63. The Hall–Kier alpha value is -0.120. The largest absolute Gasteiger partial charge is 0.328 e. The van der Waals surface area contributed by atoms with E-state index in [1.807, 2.05) is 0 Å². The summed E-state index contributed by atoms with van der Waals surface area (Å²) in [5.74, 6) is 0. The Morgan fingerprint density at radius 3 is 2.86 bits per heavy atom. The Balaban J connectivity index is 2.05. The second kappa shape index (κ2) is 6.38. The molecule has 0 spiro atoms. The van der Waals surface area contributed by atoms with Crippen LogP contribution in [0, 0.1) is 0 Å². The first-order chi connectivity index (χ1) is 6.72. The number of hydrogen-bond acceptors (Lipinski definition) is 3. The maximum Gasteiger partial charge on any atom is 0.0104 e. The second-order valence-electron chi connectivity index (χ2n) is 4.47. The van der Waals surface area contributed by atoms with E-state index in [2.05, 4.69) is 24.2 Å². The molecule has 1 saturated carbocycles. The number of nitrogens with two attached hydrogens (primary N) is 1. The van der Waals surface area contributed by atoms with Crippen LogP contribution in [0.25, 0.3) is 0 Å². The van der Waals surface area contributed by atoms with Crippen molar-refractivity contribution in [3.63, 3.8) is 0 Å². The lowest BCUT2D eigenvalue weighted by Gasteiger charge is -2.28. The molecule has 0 bridgehead atoms. The summed E-state index contributed by atoms with van der Waals surface area (Å²) in [6.07, 6.45) is 4.98. The second-order valence-corrected chi connectivity index (χ2v) is 4.47. The lowest BCUT2D eigenvalue weighted by molar-refractivity contribution is 0.304. The first-order valence-electron chi connectivity index (χ1n) is 5.90. The third-order valence-electron chi connectivity index (χ3n) is 3.18. The van der Waals surface area contributed by atoms with Gasteiger partial charge < -0.3 is 16.0 Å². The lowest BCUT2D eigenvalue weighted by Crippen LogP contribution is -2.42. The average molecular weight is 199 g/mol. The molecule has 0 aliphatic heterocycles. The van der Waals surface area contributed by atoms with Crippen molar-refractivity contribution in [1.29, 1.82) is 0 Å². The molecule has 3 heteroatoms. The standard InChI is InChI=1S/C11H25N3/c1-3-14(2)8-7-13-11-6-4-5-10(12)9-11/h10-11,13H,3-9,12H2,1-2H3. The van der Waals surface area contributed by atoms with Crippen LogP contribution in [0.5, 0.6) is 0 Å². The molecule has 1 fully saturated rings. The van der Waals surface area contributed by atoms with Gasteiger partial charge in [-0.05, 0) is 32.9 Å². The molecule has 3 N–H and O–H groups in total. The third-order valence-corrected chi connectivity index (χ3v) is 3.18.